The predicted octanol–water partition coefficient (Wildman–Crippen LogP) is 2.81. The quantitative estimate of drug-likeness (QED) is 0.685. The first-order valence-electron chi connectivity index (χ1n) is 5.47. The molecule has 1 aliphatic rings. The molecule has 0 aromatic heterocycles. The first-order valence-corrected chi connectivity index (χ1v) is 5.47. The van der Waals surface area contributed by atoms with Crippen molar-refractivity contribution in [2.24, 2.45) is 11.8 Å². The van der Waals surface area contributed by atoms with E-state index in [1.54, 1.807) is 0 Å². The van der Waals surface area contributed by atoms with E-state index in [0.717, 1.165) is 17.9 Å². The number of hydrogen-bond acceptors (Lipinski definition) is 1. The maximum absolute atomic E-state index is 3.57. The largest absolute Gasteiger partial charge is 0.314 e. The molecule has 0 aromatic rings. The van der Waals surface area contributed by atoms with E-state index < -0.39 is 0 Å². The summed E-state index contributed by atoms with van der Waals surface area (Å²) < 4.78 is 0. The van der Waals surface area contributed by atoms with E-state index in [1.807, 2.05) is 0 Å². The van der Waals surface area contributed by atoms with Crippen molar-refractivity contribution >= 4 is 0 Å². The molecule has 0 aliphatic carbocycles. The summed E-state index contributed by atoms with van der Waals surface area (Å²) in [5.41, 5.74) is 0. The lowest BCUT2D eigenvalue weighted by molar-refractivity contribution is 0.239. The lowest BCUT2D eigenvalue weighted by Gasteiger charge is -2.31. The molecule has 0 spiro atoms. The first-order chi connectivity index (χ1) is 5.74. The van der Waals surface area contributed by atoms with Crippen molar-refractivity contribution in [2.75, 3.05) is 6.54 Å². The van der Waals surface area contributed by atoms with Gasteiger partial charge in [0.2, 0.25) is 0 Å². The molecule has 0 radical (unpaired) electrons. The molecule has 12 heavy (non-hydrogen) atoms. The zero-order valence-electron chi connectivity index (χ0n) is 8.77. The smallest absolute Gasteiger partial charge is 0.00389 e. The highest BCUT2D eigenvalue weighted by molar-refractivity contribution is 4.77. The van der Waals surface area contributed by atoms with E-state index in [1.165, 1.54) is 32.2 Å². The van der Waals surface area contributed by atoms with Gasteiger partial charge >= 0.3 is 0 Å². The minimum Gasteiger partial charge on any atom is -0.314 e. The Labute approximate surface area is 76.9 Å². The minimum absolute atomic E-state index is 0.759. The molecule has 1 saturated heterocycles. The van der Waals surface area contributed by atoms with Crippen molar-refractivity contribution in [2.45, 2.75) is 52.5 Å². The molecule has 1 N–H and O–H groups in total. The molecule has 0 bridgehead atoms. The van der Waals surface area contributed by atoms with Crippen molar-refractivity contribution in [3.05, 3.63) is 0 Å². The van der Waals surface area contributed by atoms with Crippen LogP contribution in [0.2, 0.25) is 0 Å². The van der Waals surface area contributed by atoms with Crippen LogP contribution in [0.5, 0.6) is 0 Å². The SMILES string of the molecule is CCCC(C)C1CCC(C)NC1. The normalized spacial score (nSPS) is 33.2. The van der Waals surface area contributed by atoms with Crippen LogP contribution in [0.3, 0.4) is 0 Å². The van der Waals surface area contributed by atoms with Crippen molar-refractivity contribution in [1.82, 2.24) is 5.32 Å². The second kappa shape index (κ2) is 4.86. The molecule has 0 saturated carbocycles. The first kappa shape index (κ1) is 10.0. The Morgan fingerprint density at radius 3 is 2.67 bits per heavy atom. The summed E-state index contributed by atoms with van der Waals surface area (Å²) in [6.07, 6.45) is 5.56. The molecule has 1 heterocycles. The summed E-state index contributed by atoms with van der Waals surface area (Å²) in [5, 5.41) is 3.57. The molecule has 0 amide bonds. The van der Waals surface area contributed by atoms with Gasteiger partial charge in [-0.05, 0) is 38.1 Å². The van der Waals surface area contributed by atoms with Crippen molar-refractivity contribution in [1.29, 1.82) is 0 Å². The highest BCUT2D eigenvalue weighted by Crippen LogP contribution is 2.24. The third-order valence-electron chi connectivity index (χ3n) is 3.25. The van der Waals surface area contributed by atoms with Gasteiger partial charge in [-0.3, -0.25) is 0 Å². The predicted molar refractivity (Wildman–Crippen MR) is 54.3 cm³/mol. The van der Waals surface area contributed by atoms with E-state index in [-0.39, 0.29) is 0 Å². The summed E-state index contributed by atoms with van der Waals surface area (Å²) in [4.78, 5) is 0. The van der Waals surface area contributed by atoms with Crippen LogP contribution in [0.15, 0.2) is 0 Å². The van der Waals surface area contributed by atoms with E-state index in [0.29, 0.717) is 0 Å². The Kier molecular flexibility index (Phi) is 4.07. The third-order valence-corrected chi connectivity index (χ3v) is 3.25. The highest BCUT2D eigenvalue weighted by Gasteiger charge is 2.21. The molecule has 1 heteroatoms. The van der Waals surface area contributed by atoms with Gasteiger partial charge in [0.25, 0.3) is 0 Å². The topological polar surface area (TPSA) is 12.0 Å². The molecule has 72 valence electrons. The van der Waals surface area contributed by atoms with Gasteiger partial charge in [-0.2, -0.15) is 0 Å². The minimum atomic E-state index is 0.759. The standard InChI is InChI=1S/C11H23N/c1-4-5-9(2)11-7-6-10(3)12-8-11/h9-12H,4-8H2,1-3H3. The van der Waals surface area contributed by atoms with Gasteiger partial charge in [-0.25, -0.2) is 0 Å². The van der Waals surface area contributed by atoms with E-state index in [4.69, 9.17) is 0 Å². The van der Waals surface area contributed by atoms with E-state index in [2.05, 4.69) is 26.1 Å². The molecule has 1 rings (SSSR count). The number of rotatable bonds is 3. The molecule has 0 aromatic carbocycles. The van der Waals surface area contributed by atoms with Crippen LogP contribution in [0.1, 0.15) is 46.5 Å². The Bertz CT molecular complexity index is 114. The average molecular weight is 169 g/mol. The number of nitrogens with one attached hydrogen (secondary N) is 1. The van der Waals surface area contributed by atoms with Crippen LogP contribution in [0.4, 0.5) is 0 Å². The van der Waals surface area contributed by atoms with Crippen LogP contribution in [0, 0.1) is 11.8 Å². The number of hydrogen-bond donors (Lipinski definition) is 1. The zero-order chi connectivity index (χ0) is 8.97. The second-order valence-corrected chi connectivity index (χ2v) is 4.41. The Morgan fingerprint density at radius 1 is 1.42 bits per heavy atom. The Morgan fingerprint density at radius 2 is 2.17 bits per heavy atom. The van der Waals surface area contributed by atoms with Crippen molar-refractivity contribution in [3.8, 4) is 0 Å². The van der Waals surface area contributed by atoms with Gasteiger partial charge in [-0.1, -0.05) is 26.7 Å². The van der Waals surface area contributed by atoms with Crippen LogP contribution < -0.4 is 5.32 Å². The van der Waals surface area contributed by atoms with Gasteiger partial charge in [0, 0.05) is 6.04 Å². The summed E-state index contributed by atoms with van der Waals surface area (Å²) >= 11 is 0. The molecule has 1 fully saturated rings. The van der Waals surface area contributed by atoms with Crippen LogP contribution in [-0.2, 0) is 0 Å². The number of piperidine rings is 1. The van der Waals surface area contributed by atoms with Crippen LogP contribution in [-0.4, -0.2) is 12.6 Å². The molecule has 3 unspecified atom stereocenters. The van der Waals surface area contributed by atoms with Crippen LogP contribution in [0.25, 0.3) is 0 Å². The lowest BCUT2D eigenvalue weighted by Crippen LogP contribution is -2.39. The monoisotopic (exact) mass is 169 g/mol. The fraction of sp³-hybridized carbons (Fsp3) is 1.00. The molecule has 1 nitrogen and oxygen atoms in total. The molecular formula is C11H23N. The maximum atomic E-state index is 3.57. The van der Waals surface area contributed by atoms with Crippen molar-refractivity contribution < 1.29 is 0 Å². The maximum Gasteiger partial charge on any atom is 0.00389 e. The molecular weight excluding hydrogens is 146 g/mol. The van der Waals surface area contributed by atoms with Gasteiger partial charge in [0.05, 0.1) is 0 Å². The van der Waals surface area contributed by atoms with E-state index in [9.17, 15) is 0 Å². The fourth-order valence-electron chi connectivity index (χ4n) is 2.20. The second-order valence-electron chi connectivity index (χ2n) is 4.41. The van der Waals surface area contributed by atoms with Gasteiger partial charge < -0.3 is 5.32 Å². The fourth-order valence-corrected chi connectivity index (χ4v) is 2.20. The molecule has 3 atom stereocenters. The summed E-state index contributed by atoms with van der Waals surface area (Å²) in [6.45, 7) is 8.24. The van der Waals surface area contributed by atoms with Gasteiger partial charge in [-0.15, -0.1) is 0 Å². The Hall–Kier alpha value is -0.0400. The summed E-state index contributed by atoms with van der Waals surface area (Å²) in [5.74, 6) is 1.87. The zero-order valence-corrected chi connectivity index (χ0v) is 8.77. The summed E-state index contributed by atoms with van der Waals surface area (Å²) in [6, 6.07) is 0.759. The van der Waals surface area contributed by atoms with Gasteiger partial charge in [0.15, 0.2) is 0 Å². The van der Waals surface area contributed by atoms with Crippen molar-refractivity contribution in [3.63, 3.8) is 0 Å². The Balaban J connectivity index is 2.24. The average Bonchev–Trinajstić information content (AvgIpc) is 2.06. The van der Waals surface area contributed by atoms with E-state index >= 15 is 0 Å². The molecule has 1 aliphatic heterocycles. The lowest BCUT2D eigenvalue weighted by atomic mass is 9.83. The third kappa shape index (κ3) is 2.78. The van der Waals surface area contributed by atoms with Crippen LogP contribution >= 0.6 is 0 Å². The summed E-state index contributed by atoms with van der Waals surface area (Å²) in [7, 11) is 0. The highest BCUT2D eigenvalue weighted by atomic mass is 14.9. The van der Waals surface area contributed by atoms with Gasteiger partial charge in [0.1, 0.15) is 0 Å².